The minimum Gasteiger partial charge on any atom is -0.388 e. The summed E-state index contributed by atoms with van der Waals surface area (Å²) in [5.74, 6) is 0.641. The second kappa shape index (κ2) is 6.53. The SMILES string of the molecule is CCCN(CC)CCn1cnnc1CO. The van der Waals surface area contributed by atoms with Gasteiger partial charge >= 0.3 is 0 Å². The lowest BCUT2D eigenvalue weighted by molar-refractivity contribution is 0.250. The van der Waals surface area contributed by atoms with Crippen LogP contribution in [0.1, 0.15) is 26.1 Å². The zero-order valence-electron chi connectivity index (χ0n) is 9.56. The van der Waals surface area contributed by atoms with Gasteiger partial charge in [-0.2, -0.15) is 0 Å². The largest absolute Gasteiger partial charge is 0.388 e. The van der Waals surface area contributed by atoms with Crippen molar-refractivity contribution in [3.8, 4) is 0 Å². The van der Waals surface area contributed by atoms with Gasteiger partial charge in [0.15, 0.2) is 5.82 Å². The fourth-order valence-electron chi connectivity index (χ4n) is 1.58. The fourth-order valence-corrected chi connectivity index (χ4v) is 1.58. The third-order valence-electron chi connectivity index (χ3n) is 2.48. The minimum absolute atomic E-state index is 0.0418. The number of aliphatic hydroxyl groups is 1. The molecular formula is C10H20N4O. The van der Waals surface area contributed by atoms with Crippen LogP contribution in [0.25, 0.3) is 0 Å². The number of hydrogen-bond donors (Lipinski definition) is 1. The van der Waals surface area contributed by atoms with Gasteiger partial charge in [0.05, 0.1) is 0 Å². The number of rotatable bonds is 7. The first-order valence-electron chi connectivity index (χ1n) is 5.51. The van der Waals surface area contributed by atoms with Crippen LogP contribution < -0.4 is 0 Å². The molecule has 0 bridgehead atoms. The Hall–Kier alpha value is -0.940. The van der Waals surface area contributed by atoms with Crippen molar-refractivity contribution in [2.45, 2.75) is 33.4 Å². The van der Waals surface area contributed by atoms with E-state index in [1.54, 1.807) is 6.33 Å². The van der Waals surface area contributed by atoms with E-state index < -0.39 is 0 Å². The summed E-state index contributed by atoms with van der Waals surface area (Å²) in [6.07, 6.45) is 2.84. The average Bonchev–Trinajstić information content (AvgIpc) is 2.71. The molecule has 0 atom stereocenters. The van der Waals surface area contributed by atoms with E-state index in [4.69, 9.17) is 5.11 Å². The Bertz CT molecular complexity index is 274. The van der Waals surface area contributed by atoms with Gasteiger partial charge in [0.1, 0.15) is 12.9 Å². The van der Waals surface area contributed by atoms with Crippen molar-refractivity contribution < 1.29 is 5.11 Å². The molecule has 1 heterocycles. The Labute approximate surface area is 90.7 Å². The number of aromatic nitrogens is 3. The predicted octanol–water partition coefficient (Wildman–Crippen LogP) is 0.502. The molecule has 1 rings (SSSR count). The van der Waals surface area contributed by atoms with E-state index in [0.29, 0.717) is 5.82 Å². The molecule has 0 spiro atoms. The van der Waals surface area contributed by atoms with E-state index in [-0.39, 0.29) is 6.61 Å². The zero-order chi connectivity index (χ0) is 11.1. The molecule has 0 unspecified atom stereocenters. The van der Waals surface area contributed by atoms with Crippen molar-refractivity contribution in [1.82, 2.24) is 19.7 Å². The summed E-state index contributed by atoms with van der Waals surface area (Å²) in [7, 11) is 0. The van der Waals surface area contributed by atoms with Gasteiger partial charge in [0, 0.05) is 13.1 Å². The van der Waals surface area contributed by atoms with Gasteiger partial charge in [-0.25, -0.2) is 0 Å². The maximum Gasteiger partial charge on any atom is 0.158 e. The Morgan fingerprint density at radius 2 is 2.20 bits per heavy atom. The van der Waals surface area contributed by atoms with E-state index in [9.17, 15) is 0 Å². The molecule has 0 saturated heterocycles. The molecule has 0 radical (unpaired) electrons. The molecule has 0 aliphatic heterocycles. The first kappa shape index (κ1) is 12.1. The van der Waals surface area contributed by atoms with Gasteiger partial charge in [-0.1, -0.05) is 13.8 Å². The molecule has 15 heavy (non-hydrogen) atoms. The first-order valence-corrected chi connectivity index (χ1v) is 5.51. The molecule has 0 aromatic carbocycles. The Morgan fingerprint density at radius 1 is 1.40 bits per heavy atom. The summed E-state index contributed by atoms with van der Waals surface area (Å²) in [5.41, 5.74) is 0. The van der Waals surface area contributed by atoms with Crippen LogP contribution in [0.2, 0.25) is 0 Å². The third kappa shape index (κ3) is 3.60. The third-order valence-corrected chi connectivity index (χ3v) is 2.48. The maximum absolute atomic E-state index is 9.00. The molecule has 0 amide bonds. The van der Waals surface area contributed by atoms with Crippen LogP contribution in [0, 0.1) is 0 Å². The summed E-state index contributed by atoms with van der Waals surface area (Å²) in [4.78, 5) is 2.38. The molecule has 1 aromatic rings. The van der Waals surface area contributed by atoms with Crippen molar-refractivity contribution in [2.75, 3.05) is 19.6 Å². The standard InChI is InChI=1S/C10H20N4O/c1-3-5-13(4-2)6-7-14-9-11-12-10(14)8-15/h9,15H,3-8H2,1-2H3. The molecule has 0 saturated carbocycles. The highest BCUT2D eigenvalue weighted by molar-refractivity contribution is 4.82. The van der Waals surface area contributed by atoms with Gasteiger partial charge in [-0.3, -0.25) is 0 Å². The second-order valence-corrected chi connectivity index (χ2v) is 3.53. The molecule has 0 aliphatic carbocycles. The fraction of sp³-hybridized carbons (Fsp3) is 0.800. The summed E-state index contributed by atoms with van der Waals surface area (Å²) in [6.45, 7) is 8.30. The molecular weight excluding hydrogens is 192 g/mol. The van der Waals surface area contributed by atoms with Crippen molar-refractivity contribution in [2.24, 2.45) is 0 Å². The first-order chi connectivity index (χ1) is 7.31. The smallest absolute Gasteiger partial charge is 0.158 e. The summed E-state index contributed by atoms with van der Waals surface area (Å²) < 4.78 is 1.90. The Kier molecular flexibility index (Phi) is 5.28. The normalized spacial score (nSPS) is 11.2. The minimum atomic E-state index is -0.0418. The van der Waals surface area contributed by atoms with Crippen LogP contribution in [0.5, 0.6) is 0 Å². The van der Waals surface area contributed by atoms with Crippen molar-refractivity contribution in [3.05, 3.63) is 12.2 Å². The molecule has 0 aliphatic rings. The van der Waals surface area contributed by atoms with E-state index in [1.165, 1.54) is 6.42 Å². The monoisotopic (exact) mass is 212 g/mol. The Morgan fingerprint density at radius 3 is 2.80 bits per heavy atom. The Balaban J connectivity index is 2.41. The molecule has 1 aromatic heterocycles. The van der Waals surface area contributed by atoms with Gasteiger partial charge in [0.2, 0.25) is 0 Å². The lowest BCUT2D eigenvalue weighted by Gasteiger charge is -2.19. The summed E-state index contributed by atoms with van der Waals surface area (Å²) >= 11 is 0. The molecule has 1 N–H and O–H groups in total. The van der Waals surface area contributed by atoms with Crippen LogP contribution >= 0.6 is 0 Å². The maximum atomic E-state index is 9.00. The quantitative estimate of drug-likeness (QED) is 0.715. The van der Waals surface area contributed by atoms with Gasteiger partial charge in [-0.05, 0) is 19.5 Å². The number of nitrogens with zero attached hydrogens (tertiary/aromatic N) is 4. The highest BCUT2D eigenvalue weighted by atomic mass is 16.3. The van der Waals surface area contributed by atoms with Crippen molar-refractivity contribution in [3.63, 3.8) is 0 Å². The lowest BCUT2D eigenvalue weighted by atomic mass is 10.4. The van der Waals surface area contributed by atoms with Crippen LogP contribution in [-0.4, -0.2) is 44.4 Å². The highest BCUT2D eigenvalue weighted by Gasteiger charge is 2.04. The molecule has 86 valence electrons. The summed E-state index contributed by atoms with van der Waals surface area (Å²) in [6, 6.07) is 0. The van der Waals surface area contributed by atoms with Crippen molar-refractivity contribution >= 4 is 0 Å². The van der Waals surface area contributed by atoms with Crippen LogP contribution in [-0.2, 0) is 13.2 Å². The van der Waals surface area contributed by atoms with E-state index in [2.05, 4.69) is 28.9 Å². The molecule has 5 heteroatoms. The number of aliphatic hydroxyl groups excluding tert-OH is 1. The topological polar surface area (TPSA) is 54.2 Å². The highest BCUT2D eigenvalue weighted by Crippen LogP contribution is 1.97. The summed E-state index contributed by atoms with van der Waals surface area (Å²) in [5, 5.41) is 16.6. The van der Waals surface area contributed by atoms with E-state index >= 15 is 0 Å². The molecule has 5 nitrogen and oxygen atoms in total. The van der Waals surface area contributed by atoms with E-state index in [0.717, 1.165) is 26.2 Å². The van der Waals surface area contributed by atoms with Crippen LogP contribution in [0.4, 0.5) is 0 Å². The van der Waals surface area contributed by atoms with Crippen LogP contribution in [0.15, 0.2) is 6.33 Å². The van der Waals surface area contributed by atoms with Gasteiger partial charge in [-0.15, -0.1) is 10.2 Å². The van der Waals surface area contributed by atoms with Gasteiger partial charge in [0.25, 0.3) is 0 Å². The zero-order valence-corrected chi connectivity index (χ0v) is 9.56. The average molecular weight is 212 g/mol. The van der Waals surface area contributed by atoms with Gasteiger partial charge < -0.3 is 14.6 Å². The predicted molar refractivity (Wildman–Crippen MR) is 58.3 cm³/mol. The number of likely N-dealkylation sites (N-methyl/N-ethyl adjacent to an activating group) is 1. The molecule has 0 fully saturated rings. The number of hydrogen-bond acceptors (Lipinski definition) is 4. The van der Waals surface area contributed by atoms with E-state index in [1.807, 2.05) is 4.57 Å². The van der Waals surface area contributed by atoms with Crippen LogP contribution in [0.3, 0.4) is 0 Å². The lowest BCUT2D eigenvalue weighted by Crippen LogP contribution is -2.28. The second-order valence-electron chi connectivity index (χ2n) is 3.53. The van der Waals surface area contributed by atoms with Crippen molar-refractivity contribution in [1.29, 1.82) is 0 Å².